The molecule has 0 saturated carbocycles. The molecule has 0 heteroatoms. The average Bonchev–Trinajstić information content (AvgIpc) is 3.62. The molecule has 0 radical (unpaired) electrons. The maximum absolute atomic E-state index is 2.36. The highest BCUT2D eigenvalue weighted by Gasteiger charge is 2.23. The topological polar surface area (TPSA) is 0 Å². The van der Waals surface area contributed by atoms with E-state index in [-0.39, 0.29) is 0 Å². The van der Waals surface area contributed by atoms with Crippen LogP contribution in [0.5, 0.6) is 0 Å². The Hall–Kier alpha value is -5.20. The van der Waals surface area contributed by atoms with Crippen LogP contribution in [0.3, 0.4) is 0 Å². The highest BCUT2D eigenvalue weighted by atomic mass is 14.3. The van der Waals surface area contributed by atoms with Crippen molar-refractivity contribution in [3.63, 3.8) is 0 Å². The Balaban J connectivity index is 0.000000119. The Morgan fingerprint density at radius 2 is 0.786 bits per heavy atom. The third kappa shape index (κ3) is 3.55. The highest BCUT2D eigenvalue weighted by Crippen LogP contribution is 2.44. The normalized spacial score (nSPS) is 12.6. The van der Waals surface area contributed by atoms with E-state index in [0.717, 1.165) is 12.8 Å². The monoisotopic (exact) mass is 532 g/mol. The van der Waals surface area contributed by atoms with Gasteiger partial charge in [-0.1, -0.05) is 140 Å². The number of fused-ring (bicyclic) bond motifs is 13. The van der Waals surface area contributed by atoms with Crippen molar-refractivity contribution >= 4 is 43.1 Å². The van der Waals surface area contributed by atoms with Gasteiger partial charge < -0.3 is 0 Å². The molecule has 0 N–H and O–H groups in total. The van der Waals surface area contributed by atoms with Crippen LogP contribution >= 0.6 is 0 Å². The number of hydrogen-bond donors (Lipinski definition) is 0. The third-order valence-corrected chi connectivity index (χ3v) is 9.33. The van der Waals surface area contributed by atoms with Gasteiger partial charge in [0.2, 0.25) is 0 Å². The van der Waals surface area contributed by atoms with Crippen molar-refractivity contribution in [2.24, 2.45) is 0 Å². The lowest BCUT2D eigenvalue weighted by molar-refractivity contribution is 1.27. The second-order valence-corrected chi connectivity index (χ2v) is 11.7. The van der Waals surface area contributed by atoms with Gasteiger partial charge in [-0.05, 0) is 107 Å². The standard InChI is InChI=1S/2C21H14/c1-3-7-17-14(5-1)11-12-19-20(17)13-16-10-9-15-6-2-4-8-18(15)21(16)19;1-2-7-16-13-20-18(11-15(16)6-1)12-17-10-9-14-5-3-4-8-19(14)21(17)20/h1-12H,13H2;1-11,13H,12H2. The SMILES string of the molecule is c1ccc2c3c(ccc2c1)-c1c(ccc2ccccc12)C3.c1ccc2cc3c(cc2c1)Cc1ccc2ccccc2c1-3. The lowest BCUT2D eigenvalue weighted by Crippen LogP contribution is -1.83. The summed E-state index contributed by atoms with van der Waals surface area (Å²) in [5.41, 5.74) is 11.6. The lowest BCUT2D eigenvalue weighted by Gasteiger charge is -2.07. The maximum Gasteiger partial charge on any atom is -0.000705 e. The molecule has 2 aliphatic carbocycles. The summed E-state index contributed by atoms with van der Waals surface area (Å²) in [5.74, 6) is 0. The van der Waals surface area contributed by atoms with Gasteiger partial charge in [0.15, 0.2) is 0 Å². The van der Waals surface area contributed by atoms with Crippen LogP contribution in [0.4, 0.5) is 0 Å². The van der Waals surface area contributed by atoms with Crippen LogP contribution in [0.2, 0.25) is 0 Å². The number of benzene rings is 8. The molecule has 0 aliphatic heterocycles. The fourth-order valence-electron chi connectivity index (χ4n) is 7.39. The van der Waals surface area contributed by atoms with Crippen LogP contribution in [-0.4, -0.2) is 0 Å². The van der Waals surface area contributed by atoms with Gasteiger partial charge in [0, 0.05) is 0 Å². The summed E-state index contributed by atoms with van der Waals surface area (Å²) >= 11 is 0. The van der Waals surface area contributed by atoms with E-state index in [1.165, 1.54) is 87.6 Å². The zero-order valence-electron chi connectivity index (χ0n) is 23.3. The first kappa shape index (κ1) is 23.5. The van der Waals surface area contributed by atoms with Crippen LogP contribution in [-0.2, 0) is 12.8 Å². The van der Waals surface area contributed by atoms with E-state index >= 15 is 0 Å². The van der Waals surface area contributed by atoms with Crippen LogP contribution in [0.15, 0.2) is 146 Å². The predicted octanol–water partition coefficient (Wildman–Crippen LogP) is 11.1. The maximum atomic E-state index is 2.36. The zero-order chi connectivity index (χ0) is 27.6. The molecule has 2 aliphatic rings. The molecular weight excluding hydrogens is 504 g/mol. The summed E-state index contributed by atoms with van der Waals surface area (Å²) in [6.07, 6.45) is 2.11. The second kappa shape index (κ2) is 9.16. The van der Waals surface area contributed by atoms with Gasteiger partial charge in [0.05, 0.1) is 0 Å². The molecule has 0 heterocycles. The molecule has 0 spiro atoms. The average molecular weight is 533 g/mol. The molecular formula is C42H28. The molecule has 8 aromatic rings. The summed E-state index contributed by atoms with van der Waals surface area (Å²) in [4.78, 5) is 0. The van der Waals surface area contributed by atoms with Gasteiger partial charge in [-0.3, -0.25) is 0 Å². The molecule has 196 valence electrons. The molecule has 0 fully saturated rings. The first-order chi connectivity index (χ1) is 20.8. The predicted molar refractivity (Wildman–Crippen MR) is 179 cm³/mol. The second-order valence-electron chi connectivity index (χ2n) is 11.7. The van der Waals surface area contributed by atoms with Crippen molar-refractivity contribution < 1.29 is 0 Å². The quantitative estimate of drug-likeness (QED) is 0.182. The lowest BCUT2D eigenvalue weighted by atomic mass is 9.96. The minimum absolute atomic E-state index is 1.05. The Morgan fingerprint density at radius 3 is 1.45 bits per heavy atom. The smallest absolute Gasteiger partial charge is 0.000705 e. The molecule has 42 heavy (non-hydrogen) atoms. The van der Waals surface area contributed by atoms with Crippen molar-refractivity contribution in [2.75, 3.05) is 0 Å². The minimum Gasteiger partial charge on any atom is -0.0616 e. The van der Waals surface area contributed by atoms with Crippen LogP contribution in [0.1, 0.15) is 22.3 Å². The van der Waals surface area contributed by atoms with Crippen molar-refractivity contribution in [1.29, 1.82) is 0 Å². The van der Waals surface area contributed by atoms with E-state index in [1.807, 2.05) is 0 Å². The first-order valence-corrected chi connectivity index (χ1v) is 14.9. The zero-order valence-corrected chi connectivity index (χ0v) is 23.3. The molecule has 8 aromatic carbocycles. The van der Waals surface area contributed by atoms with Crippen molar-refractivity contribution in [2.45, 2.75) is 12.8 Å². The van der Waals surface area contributed by atoms with Crippen molar-refractivity contribution in [1.82, 2.24) is 0 Å². The van der Waals surface area contributed by atoms with E-state index in [9.17, 15) is 0 Å². The Labute approximate surface area is 245 Å². The van der Waals surface area contributed by atoms with E-state index in [4.69, 9.17) is 0 Å². The molecule has 0 bridgehead atoms. The van der Waals surface area contributed by atoms with Gasteiger partial charge in [-0.15, -0.1) is 0 Å². The molecule has 0 nitrogen and oxygen atoms in total. The molecule has 0 unspecified atom stereocenters. The van der Waals surface area contributed by atoms with E-state index in [1.54, 1.807) is 0 Å². The van der Waals surface area contributed by atoms with Gasteiger partial charge >= 0.3 is 0 Å². The third-order valence-electron chi connectivity index (χ3n) is 9.33. The van der Waals surface area contributed by atoms with Gasteiger partial charge in [0.25, 0.3) is 0 Å². The number of rotatable bonds is 0. The Kier molecular flexibility index (Phi) is 5.12. The summed E-state index contributed by atoms with van der Waals surface area (Å²) < 4.78 is 0. The van der Waals surface area contributed by atoms with E-state index in [2.05, 4.69) is 146 Å². The van der Waals surface area contributed by atoms with Gasteiger partial charge in [-0.2, -0.15) is 0 Å². The van der Waals surface area contributed by atoms with Crippen LogP contribution in [0, 0.1) is 0 Å². The van der Waals surface area contributed by atoms with Crippen LogP contribution in [0.25, 0.3) is 65.3 Å². The summed E-state index contributed by atoms with van der Waals surface area (Å²) in [5, 5.41) is 10.8. The first-order valence-electron chi connectivity index (χ1n) is 14.9. The molecule has 0 aromatic heterocycles. The molecule has 0 amide bonds. The van der Waals surface area contributed by atoms with E-state index in [0.29, 0.717) is 0 Å². The van der Waals surface area contributed by atoms with Crippen molar-refractivity contribution in [3.8, 4) is 22.3 Å². The fourth-order valence-corrected chi connectivity index (χ4v) is 7.39. The minimum atomic E-state index is 1.05. The molecule has 0 saturated heterocycles. The van der Waals surface area contributed by atoms with Gasteiger partial charge in [-0.25, -0.2) is 0 Å². The Bertz CT molecular complexity index is 2300. The van der Waals surface area contributed by atoms with Gasteiger partial charge in [0.1, 0.15) is 0 Å². The van der Waals surface area contributed by atoms with E-state index < -0.39 is 0 Å². The number of hydrogen-bond acceptors (Lipinski definition) is 0. The summed E-state index contributed by atoms with van der Waals surface area (Å²) in [6.45, 7) is 0. The largest absolute Gasteiger partial charge is 0.0616 e. The summed E-state index contributed by atoms with van der Waals surface area (Å²) in [7, 11) is 0. The van der Waals surface area contributed by atoms with Crippen LogP contribution < -0.4 is 0 Å². The Morgan fingerprint density at radius 1 is 0.310 bits per heavy atom. The molecule has 0 atom stereocenters. The summed E-state index contributed by atoms with van der Waals surface area (Å²) in [6, 6.07) is 53.2. The van der Waals surface area contributed by atoms with Crippen molar-refractivity contribution in [3.05, 3.63) is 168 Å². The fraction of sp³-hybridized carbons (Fsp3) is 0.0476. The molecule has 10 rings (SSSR count). The highest BCUT2D eigenvalue weighted by molar-refractivity contribution is 6.06.